The van der Waals surface area contributed by atoms with Gasteiger partial charge in [-0.15, -0.1) is 0 Å². The van der Waals surface area contributed by atoms with Gasteiger partial charge in [0, 0.05) is 36.5 Å². The zero-order valence-electron chi connectivity index (χ0n) is 30.1. The molecule has 3 aromatic carbocycles. The van der Waals surface area contributed by atoms with Crippen LogP contribution >= 0.6 is 0 Å². The number of carbonyl (C=O) groups is 5. The Morgan fingerprint density at radius 2 is 1.27 bits per heavy atom. The standard InChI is InChI=1S/C38H44N6O4.C2HF3O2/c45-35-23-34(44-18-10-3-11-19-44)38(48)40-25-29(20-26-12-4-1-5-13-26)41-36(46)32(21-27-14-6-2-7-15-27)43-37(47)33(42-35)22-28-24-39-31-17-9-8-16-30(28)31;3-2(4,5)1(6)7/h1-2,4-9,12-17,24,29,32-34,39H,3,10-11,18-23,25H2,(H,40,48)(H,41,46)(H,42,45)(H,43,47);(H,6,7)/t29-,32+,33+,34-;/m1./s1. The molecular weight excluding hydrogens is 717 g/mol. The number of aliphatic carboxylic acids is 1. The second kappa shape index (κ2) is 19.1. The van der Waals surface area contributed by atoms with Crippen LogP contribution in [0.5, 0.6) is 0 Å². The molecule has 4 aromatic rings. The fraction of sp³-hybridized carbons (Fsp3) is 0.375. The summed E-state index contributed by atoms with van der Waals surface area (Å²) >= 11 is 0. The van der Waals surface area contributed by atoms with Gasteiger partial charge in [-0.1, -0.05) is 85.3 Å². The zero-order chi connectivity index (χ0) is 39.4. The number of nitrogens with one attached hydrogen (secondary N) is 5. The number of aromatic nitrogens is 1. The molecule has 0 aliphatic carbocycles. The third kappa shape index (κ3) is 11.9. The molecule has 2 aliphatic rings. The van der Waals surface area contributed by atoms with E-state index in [-0.39, 0.29) is 43.5 Å². The van der Waals surface area contributed by atoms with Gasteiger partial charge in [-0.05, 0) is 55.1 Å². The molecule has 12 nitrogen and oxygen atoms in total. The number of hydrogen-bond donors (Lipinski definition) is 6. The maximum atomic E-state index is 14.2. The van der Waals surface area contributed by atoms with Crippen LogP contribution in [0, 0.1) is 0 Å². The Hall–Kier alpha value is -5.70. The van der Waals surface area contributed by atoms with Crippen molar-refractivity contribution in [2.75, 3.05) is 19.6 Å². The Morgan fingerprint density at radius 3 is 1.91 bits per heavy atom. The minimum absolute atomic E-state index is 0.0767. The van der Waals surface area contributed by atoms with Gasteiger partial charge in [-0.2, -0.15) is 13.2 Å². The van der Waals surface area contributed by atoms with Crippen molar-refractivity contribution < 1.29 is 42.3 Å². The summed E-state index contributed by atoms with van der Waals surface area (Å²) in [4.78, 5) is 70.0. The molecule has 0 saturated carbocycles. The van der Waals surface area contributed by atoms with Gasteiger partial charge in [0.05, 0.1) is 18.5 Å². The predicted molar refractivity (Wildman–Crippen MR) is 199 cm³/mol. The second-order valence-corrected chi connectivity index (χ2v) is 13.7. The number of amides is 4. The van der Waals surface area contributed by atoms with Gasteiger partial charge < -0.3 is 31.4 Å². The Bertz CT molecular complexity index is 1920. The highest BCUT2D eigenvalue weighted by molar-refractivity contribution is 5.95. The third-order valence-electron chi connectivity index (χ3n) is 9.62. The molecule has 2 aliphatic heterocycles. The highest BCUT2D eigenvalue weighted by Crippen LogP contribution is 2.21. The lowest BCUT2D eigenvalue weighted by molar-refractivity contribution is -0.192. The van der Waals surface area contributed by atoms with E-state index < -0.39 is 42.2 Å². The number of piperidine rings is 1. The van der Waals surface area contributed by atoms with Crippen LogP contribution in [-0.2, 0) is 43.2 Å². The number of rotatable bonds is 7. The van der Waals surface area contributed by atoms with Crippen molar-refractivity contribution in [2.24, 2.45) is 0 Å². The number of para-hydroxylation sites is 1. The van der Waals surface area contributed by atoms with Crippen molar-refractivity contribution >= 4 is 40.5 Å². The average Bonchev–Trinajstić information content (AvgIpc) is 3.58. The SMILES string of the molecule is O=C(O)C(F)(F)F.O=C1C[C@@H](N2CCCCC2)C(=O)NC[C@@H](Cc2ccccc2)NC(=O)[C@H](Cc2ccccc2)NC(=O)[C@H](Cc2c[nH]c3ccccc23)N1. The number of likely N-dealkylation sites (tertiary alicyclic amines) is 1. The largest absolute Gasteiger partial charge is 0.490 e. The Labute approximate surface area is 316 Å². The molecule has 55 heavy (non-hydrogen) atoms. The van der Waals surface area contributed by atoms with Gasteiger partial charge in [-0.3, -0.25) is 24.1 Å². The number of benzene rings is 3. The van der Waals surface area contributed by atoms with Crippen LogP contribution in [0.25, 0.3) is 10.9 Å². The fourth-order valence-corrected chi connectivity index (χ4v) is 6.82. The molecule has 0 unspecified atom stereocenters. The molecular formula is C40H45F3N6O6. The lowest BCUT2D eigenvalue weighted by Crippen LogP contribution is -2.59. The van der Waals surface area contributed by atoms with Crippen molar-refractivity contribution in [3.05, 3.63) is 108 Å². The number of alkyl halides is 3. The zero-order valence-corrected chi connectivity index (χ0v) is 30.1. The number of H-pyrrole nitrogens is 1. The number of carbonyl (C=O) groups excluding carboxylic acids is 4. The van der Waals surface area contributed by atoms with Crippen LogP contribution in [0.2, 0.25) is 0 Å². The summed E-state index contributed by atoms with van der Waals surface area (Å²) < 4.78 is 31.7. The minimum atomic E-state index is -5.08. The molecule has 15 heteroatoms. The maximum absolute atomic E-state index is 14.2. The van der Waals surface area contributed by atoms with E-state index in [2.05, 4.69) is 31.2 Å². The van der Waals surface area contributed by atoms with Crippen molar-refractivity contribution in [3.8, 4) is 0 Å². The molecule has 2 fully saturated rings. The number of nitrogens with zero attached hydrogens (tertiary/aromatic N) is 1. The summed E-state index contributed by atoms with van der Waals surface area (Å²) in [6.07, 6.45) is 0.621. The molecule has 0 bridgehead atoms. The van der Waals surface area contributed by atoms with Crippen molar-refractivity contribution in [1.82, 2.24) is 31.2 Å². The van der Waals surface area contributed by atoms with Gasteiger partial charge in [-0.25, -0.2) is 4.79 Å². The molecule has 6 N–H and O–H groups in total. The first kappa shape index (κ1) is 40.5. The maximum Gasteiger partial charge on any atom is 0.490 e. The van der Waals surface area contributed by atoms with Gasteiger partial charge >= 0.3 is 12.1 Å². The van der Waals surface area contributed by atoms with Gasteiger partial charge in [0.15, 0.2) is 0 Å². The first-order chi connectivity index (χ1) is 26.4. The molecule has 0 spiro atoms. The summed E-state index contributed by atoms with van der Waals surface area (Å²) in [7, 11) is 0. The summed E-state index contributed by atoms with van der Waals surface area (Å²) in [5, 5.41) is 20.2. The van der Waals surface area contributed by atoms with Crippen LogP contribution in [0.1, 0.15) is 42.4 Å². The average molecular weight is 763 g/mol. The molecule has 1 aromatic heterocycles. The fourth-order valence-electron chi connectivity index (χ4n) is 6.82. The van der Waals surface area contributed by atoms with E-state index in [4.69, 9.17) is 9.90 Å². The monoisotopic (exact) mass is 762 g/mol. The highest BCUT2D eigenvalue weighted by Gasteiger charge is 2.38. The van der Waals surface area contributed by atoms with E-state index >= 15 is 0 Å². The summed E-state index contributed by atoms with van der Waals surface area (Å²) in [6.45, 7) is 1.62. The number of hydrogen-bond acceptors (Lipinski definition) is 6. The normalized spacial score (nSPS) is 21.9. The predicted octanol–water partition coefficient (Wildman–Crippen LogP) is 3.66. The van der Waals surface area contributed by atoms with E-state index in [9.17, 15) is 32.3 Å². The van der Waals surface area contributed by atoms with E-state index in [0.717, 1.165) is 59.9 Å². The van der Waals surface area contributed by atoms with Crippen molar-refractivity contribution in [3.63, 3.8) is 0 Å². The second-order valence-electron chi connectivity index (χ2n) is 13.7. The van der Waals surface area contributed by atoms with Gasteiger partial charge in [0.2, 0.25) is 23.6 Å². The number of carboxylic acids is 1. The highest BCUT2D eigenvalue weighted by atomic mass is 19.4. The van der Waals surface area contributed by atoms with Crippen LogP contribution in [0.4, 0.5) is 13.2 Å². The third-order valence-corrected chi connectivity index (χ3v) is 9.62. The van der Waals surface area contributed by atoms with Crippen LogP contribution in [-0.4, -0.2) is 94.6 Å². The Morgan fingerprint density at radius 1 is 0.709 bits per heavy atom. The smallest absolute Gasteiger partial charge is 0.475 e. The lowest BCUT2D eigenvalue weighted by atomic mass is 10.00. The van der Waals surface area contributed by atoms with E-state index in [1.54, 1.807) is 0 Å². The summed E-state index contributed by atoms with van der Waals surface area (Å²) in [5.74, 6) is -4.21. The minimum Gasteiger partial charge on any atom is -0.475 e. The summed E-state index contributed by atoms with van der Waals surface area (Å²) in [5.41, 5.74) is 3.68. The molecule has 6 rings (SSSR count). The van der Waals surface area contributed by atoms with Crippen molar-refractivity contribution in [2.45, 2.75) is 75.3 Å². The molecule has 292 valence electrons. The molecule has 2 saturated heterocycles. The lowest BCUT2D eigenvalue weighted by Gasteiger charge is -2.34. The Balaban J connectivity index is 0.000000757. The quantitative estimate of drug-likeness (QED) is 0.167. The first-order valence-corrected chi connectivity index (χ1v) is 18.2. The topological polar surface area (TPSA) is 173 Å². The Kier molecular flexibility index (Phi) is 14.0. The van der Waals surface area contributed by atoms with Gasteiger partial charge in [0.1, 0.15) is 12.1 Å². The van der Waals surface area contributed by atoms with Gasteiger partial charge in [0.25, 0.3) is 0 Å². The van der Waals surface area contributed by atoms with E-state index in [0.29, 0.717) is 6.42 Å². The molecule has 4 atom stereocenters. The van der Waals surface area contributed by atoms with Crippen molar-refractivity contribution in [1.29, 1.82) is 0 Å². The van der Waals surface area contributed by atoms with Crippen LogP contribution in [0.15, 0.2) is 91.1 Å². The number of fused-ring (bicyclic) bond motifs is 1. The molecule has 4 amide bonds. The molecule has 3 heterocycles. The van der Waals surface area contributed by atoms with Crippen LogP contribution in [0.3, 0.4) is 0 Å². The van der Waals surface area contributed by atoms with E-state index in [1.807, 2.05) is 91.1 Å². The first-order valence-electron chi connectivity index (χ1n) is 18.2. The van der Waals surface area contributed by atoms with E-state index in [1.165, 1.54) is 0 Å². The number of halogens is 3. The number of carboxylic acid groups (broad SMARTS) is 1. The van der Waals surface area contributed by atoms with Crippen LogP contribution < -0.4 is 21.3 Å². The molecule has 0 radical (unpaired) electrons. The number of aromatic amines is 1. The summed E-state index contributed by atoms with van der Waals surface area (Å²) in [6, 6.07) is 24.1.